The minimum atomic E-state index is -0.190. The fourth-order valence-corrected chi connectivity index (χ4v) is 1.73. The van der Waals surface area contributed by atoms with Gasteiger partial charge in [0.1, 0.15) is 6.61 Å². The number of halogens is 1. The Morgan fingerprint density at radius 3 is 2.71 bits per heavy atom. The van der Waals surface area contributed by atoms with Crippen LogP contribution in [-0.2, 0) is 13.7 Å². The molecular formula is C13H12ClNO2. The van der Waals surface area contributed by atoms with Gasteiger partial charge >= 0.3 is 0 Å². The standard InChI is InChI=1S/C13H12ClNO2/c1-15-8-11(14)7-12(13(15)16)17-9-10-5-3-2-4-6-10/h2-8H,9H2,1H3. The summed E-state index contributed by atoms with van der Waals surface area (Å²) in [6.07, 6.45) is 1.55. The van der Waals surface area contributed by atoms with Gasteiger partial charge in [-0.3, -0.25) is 4.79 Å². The molecule has 2 rings (SSSR count). The minimum absolute atomic E-state index is 0.190. The lowest BCUT2D eigenvalue weighted by Gasteiger charge is -2.07. The highest BCUT2D eigenvalue weighted by Crippen LogP contribution is 2.13. The molecule has 4 heteroatoms. The van der Waals surface area contributed by atoms with Crippen LogP contribution in [-0.4, -0.2) is 4.57 Å². The molecule has 17 heavy (non-hydrogen) atoms. The highest BCUT2D eigenvalue weighted by Gasteiger charge is 2.04. The predicted octanol–water partition coefficient (Wildman–Crippen LogP) is 2.62. The van der Waals surface area contributed by atoms with E-state index in [0.717, 1.165) is 5.56 Å². The Labute approximate surface area is 104 Å². The predicted molar refractivity (Wildman–Crippen MR) is 67.5 cm³/mol. The van der Waals surface area contributed by atoms with Crippen LogP contribution in [0.25, 0.3) is 0 Å². The molecule has 1 heterocycles. The topological polar surface area (TPSA) is 31.2 Å². The monoisotopic (exact) mass is 249 g/mol. The maximum absolute atomic E-state index is 11.7. The van der Waals surface area contributed by atoms with Crippen molar-refractivity contribution in [2.45, 2.75) is 6.61 Å². The molecule has 0 aliphatic rings. The zero-order chi connectivity index (χ0) is 12.3. The van der Waals surface area contributed by atoms with E-state index in [2.05, 4.69) is 0 Å². The van der Waals surface area contributed by atoms with Crippen molar-refractivity contribution in [1.82, 2.24) is 4.57 Å². The first-order valence-corrected chi connectivity index (χ1v) is 5.57. The summed E-state index contributed by atoms with van der Waals surface area (Å²) < 4.78 is 6.87. The number of nitrogens with zero attached hydrogens (tertiary/aromatic N) is 1. The second-order valence-electron chi connectivity index (χ2n) is 3.71. The summed E-state index contributed by atoms with van der Waals surface area (Å²) in [5, 5.41) is 0.482. The van der Waals surface area contributed by atoms with Crippen molar-refractivity contribution < 1.29 is 4.74 Å². The van der Waals surface area contributed by atoms with Crippen LogP contribution in [0.15, 0.2) is 47.4 Å². The molecule has 0 unspecified atom stereocenters. The van der Waals surface area contributed by atoms with Crippen LogP contribution in [0.4, 0.5) is 0 Å². The van der Waals surface area contributed by atoms with Crippen LogP contribution in [0.1, 0.15) is 5.56 Å². The molecule has 0 fully saturated rings. The Morgan fingerprint density at radius 1 is 1.29 bits per heavy atom. The van der Waals surface area contributed by atoms with Gasteiger partial charge in [0.05, 0.1) is 5.02 Å². The van der Waals surface area contributed by atoms with Gasteiger partial charge in [0, 0.05) is 19.3 Å². The molecular weight excluding hydrogens is 238 g/mol. The van der Waals surface area contributed by atoms with E-state index >= 15 is 0 Å². The third-order valence-corrected chi connectivity index (χ3v) is 2.56. The smallest absolute Gasteiger partial charge is 0.292 e. The van der Waals surface area contributed by atoms with Gasteiger partial charge in [0.2, 0.25) is 0 Å². The van der Waals surface area contributed by atoms with E-state index in [0.29, 0.717) is 11.6 Å². The van der Waals surface area contributed by atoms with E-state index < -0.39 is 0 Å². The summed E-state index contributed by atoms with van der Waals surface area (Å²) in [5.41, 5.74) is 0.819. The van der Waals surface area contributed by atoms with Crippen LogP contribution in [0, 0.1) is 0 Å². The molecule has 1 aromatic carbocycles. The third kappa shape index (κ3) is 2.88. The first-order valence-electron chi connectivity index (χ1n) is 5.20. The van der Waals surface area contributed by atoms with Crippen molar-refractivity contribution >= 4 is 11.6 Å². The Bertz CT molecular complexity index is 563. The largest absolute Gasteiger partial charge is 0.483 e. The summed E-state index contributed by atoms with van der Waals surface area (Å²) in [6.45, 7) is 0.358. The van der Waals surface area contributed by atoms with Crippen LogP contribution < -0.4 is 10.3 Å². The molecule has 0 radical (unpaired) electrons. The molecule has 0 atom stereocenters. The van der Waals surface area contributed by atoms with Gasteiger partial charge in [0.15, 0.2) is 5.75 Å². The van der Waals surface area contributed by atoms with E-state index in [9.17, 15) is 4.79 Å². The Kier molecular flexibility index (Phi) is 3.49. The van der Waals surface area contributed by atoms with Crippen molar-refractivity contribution in [2.24, 2.45) is 7.05 Å². The van der Waals surface area contributed by atoms with Crippen molar-refractivity contribution in [3.05, 3.63) is 63.5 Å². The van der Waals surface area contributed by atoms with E-state index in [1.165, 1.54) is 10.6 Å². The van der Waals surface area contributed by atoms with E-state index in [1.807, 2.05) is 30.3 Å². The molecule has 0 amide bonds. The van der Waals surface area contributed by atoms with Gasteiger partial charge in [0.25, 0.3) is 5.56 Å². The summed E-state index contributed by atoms with van der Waals surface area (Å²) in [7, 11) is 1.64. The summed E-state index contributed by atoms with van der Waals surface area (Å²) in [4.78, 5) is 11.7. The lowest BCUT2D eigenvalue weighted by molar-refractivity contribution is 0.300. The normalized spacial score (nSPS) is 10.2. The number of hydrogen-bond acceptors (Lipinski definition) is 2. The summed E-state index contributed by atoms with van der Waals surface area (Å²) >= 11 is 5.86. The van der Waals surface area contributed by atoms with Crippen LogP contribution in [0.3, 0.4) is 0 Å². The highest BCUT2D eigenvalue weighted by molar-refractivity contribution is 6.30. The van der Waals surface area contributed by atoms with Crippen LogP contribution >= 0.6 is 11.6 Å². The van der Waals surface area contributed by atoms with Gasteiger partial charge in [-0.05, 0) is 5.56 Å². The highest BCUT2D eigenvalue weighted by atomic mass is 35.5. The fourth-order valence-electron chi connectivity index (χ4n) is 1.48. The molecule has 0 N–H and O–H groups in total. The molecule has 88 valence electrons. The Hall–Kier alpha value is -1.74. The van der Waals surface area contributed by atoms with E-state index in [4.69, 9.17) is 16.3 Å². The lowest BCUT2D eigenvalue weighted by atomic mass is 10.2. The average Bonchev–Trinajstić information content (AvgIpc) is 2.33. The second kappa shape index (κ2) is 5.06. The van der Waals surface area contributed by atoms with Crippen LogP contribution in [0.5, 0.6) is 5.75 Å². The van der Waals surface area contributed by atoms with Gasteiger partial charge in [-0.15, -0.1) is 0 Å². The number of benzene rings is 1. The number of pyridine rings is 1. The lowest BCUT2D eigenvalue weighted by Crippen LogP contribution is -2.18. The number of hydrogen-bond donors (Lipinski definition) is 0. The van der Waals surface area contributed by atoms with Crippen LogP contribution in [0.2, 0.25) is 5.02 Å². The quantitative estimate of drug-likeness (QED) is 0.837. The van der Waals surface area contributed by atoms with E-state index in [-0.39, 0.29) is 11.3 Å². The summed E-state index contributed by atoms with van der Waals surface area (Å²) in [5.74, 6) is 0.267. The molecule has 0 aliphatic heterocycles. The Morgan fingerprint density at radius 2 is 2.00 bits per heavy atom. The number of rotatable bonds is 3. The SMILES string of the molecule is Cn1cc(Cl)cc(OCc2ccccc2)c1=O. The molecule has 0 saturated heterocycles. The van der Waals surface area contributed by atoms with Crippen molar-refractivity contribution in [3.8, 4) is 5.75 Å². The zero-order valence-electron chi connectivity index (χ0n) is 9.39. The molecule has 2 aromatic rings. The summed E-state index contributed by atoms with van der Waals surface area (Å²) in [6, 6.07) is 11.2. The second-order valence-corrected chi connectivity index (χ2v) is 4.15. The molecule has 3 nitrogen and oxygen atoms in total. The number of ether oxygens (including phenoxy) is 1. The van der Waals surface area contributed by atoms with Gasteiger partial charge < -0.3 is 9.30 Å². The van der Waals surface area contributed by atoms with Crippen molar-refractivity contribution in [2.75, 3.05) is 0 Å². The van der Waals surface area contributed by atoms with Gasteiger partial charge in [-0.2, -0.15) is 0 Å². The third-order valence-electron chi connectivity index (χ3n) is 2.35. The first kappa shape index (κ1) is 11.7. The first-order chi connectivity index (χ1) is 8.16. The maximum Gasteiger partial charge on any atom is 0.292 e. The zero-order valence-corrected chi connectivity index (χ0v) is 10.1. The molecule has 0 aliphatic carbocycles. The molecule has 0 spiro atoms. The average molecular weight is 250 g/mol. The molecule has 1 aromatic heterocycles. The maximum atomic E-state index is 11.7. The van der Waals surface area contributed by atoms with E-state index in [1.54, 1.807) is 13.2 Å². The Balaban J connectivity index is 2.17. The number of aromatic nitrogens is 1. The van der Waals surface area contributed by atoms with Crippen molar-refractivity contribution in [1.29, 1.82) is 0 Å². The minimum Gasteiger partial charge on any atom is -0.483 e. The number of aryl methyl sites for hydroxylation is 1. The van der Waals surface area contributed by atoms with Gasteiger partial charge in [-0.25, -0.2) is 0 Å². The molecule has 0 saturated carbocycles. The van der Waals surface area contributed by atoms with Gasteiger partial charge in [-0.1, -0.05) is 41.9 Å². The molecule has 0 bridgehead atoms. The van der Waals surface area contributed by atoms with Crippen molar-refractivity contribution in [3.63, 3.8) is 0 Å². The fraction of sp³-hybridized carbons (Fsp3) is 0.154.